The molecule has 0 aromatic heterocycles. The number of carbonyl (C=O) groups excluding carboxylic acids is 2. The monoisotopic (exact) mass is 248 g/mol. The maximum Gasteiger partial charge on any atom is 0.324 e. The van der Waals surface area contributed by atoms with E-state index in [1.165, 1.54) is 7.11 Å². The summed E-state index contributed by atoms with van der Waals surface area (Å²) in [6.45, 7) is 3.98. The second kappa shape index (κ2) is 4.53. The van der Waals surface area contributed by atoms with Crippen molar-refractivity contribution < 1.29 is 19.1 Å². The van der Waals surface area contributed by atoms with Crippen LogP contribution < -0.4 is 0 Å². The highest BCUT2D eigenvalue weighted by Gasteiger charge is 2.54. The van der Waals surface area contributed by atoms with Crippen molar-refractivity contribution in [1.29, 1.82) is 0 Å². The number of carbonyl (C=O) groups is 2. The van der Waals surface area contributed by atoms with Crippen LogP contribution in [-0.2, 0) is 14.3 Å². The molecule has 1 fully saturated rings. The van der Waals surface area contributed by atoms with Gasteiger partial charge in [-0.15, -0.1) is 0 Å². The van der Waals surface area contributed by atoms with Crippen molar-refractivity contribution in [2.45, 2.75) is 13.8 Å². The van der Waals surface area contributed by atoms with Gasteiger partial charge in [-0.3, -0.25) is 9.59 Å². The number of ether oxygens (including phenoxy) is 2. The third-order valence-corrected chi connectivity index (χ3v) is 3.35. The first-order valence-electron chi connectivity index (χ1n) is 5.79. The lowest BCUT2D eigenvalue weighted by Gasteiger charge is -2.37. The topological polar surface area (TPSA) is 52.6 Å². The molecule has 1 aliphatic heterocycles. The maximum absolute atomic E-state index is 12.5. The second-order valence-corrected chi connectivity index (χ2v) is 4.71. The van der Waals surface area contributed by atoms with Gasteiger partial charge >= 0.3 is 5.97 Å². The molecule has 0 amide bonds. The van der Waals surface area contributed by atoms with E-state index in [1.54, 1.807) is 6.07 Å². The van der Waals surface area contributed by atoms with Crippen LogP contribution in [0.4, 0.5) is 0 Å². The summed E-state index contributed by atoms with van der Waals surface area (Å²) in [6, 6.07) is 5.63. The summed E-state index contributed by atoms with van der Waals surface area (Å²) in [6.07, 6.45) is 0. The second-order valence-electron chi connectivity index (χ2n) is 4.71. The molecule has 0 radical (unpaired) electrons. The Morgan fingerprint density at radius 3 is 2.44 bits per heavy atom. The third kappa shape index (κ3) is 1.82. The molecule has 0 spiro atoms. The van der Waals surface area contributed by atoms with Crippen LogP contribution in [0.2, 0.25) is 0 Å². The van der Waals surface area contributed by atoms with Crippen LogP contribution >= 0.6 is 0 Å². The van der Waals surface area contributed by atoms with E-state index in [9.17, 15) is 9.59 Å². The number of methoxy groups -OCH3 is 1. The molecule has 1 aliphatic rings. The first-order valence-corrected chi connectivity index (χ1v) is 5.79. The first-order chi connectivity index (χ1) is 8.51. The van der Waals surface area contributed by atoms with Crippen molar-refractivity contribution in [3.63, 3.8) is 0 Å². The lowest BCUT2D eigenvalue weighted by atomic mass is 9.77. The highest BCUT2D eigenvalue weighted by atomic mass is 16.5. The summed E-state index contributed by atoms with van der Waals surface area (Å²) in [5.74, 6) is -0.721. The largest absolute Gasteiger partial charge is 0.468 e. The fraction of sp³-hybridized carbons (Fsp3) is 0.429. The summed E-state index contributed by atoms with van der Waals surface area (Å²) in [7, 11) is 1.29. The summed E-state index contributed by atoms with van der Waals surface area (Å²) in [4.78, 5) is 24.3. The molecule has 0 N–H and O–H groups in total. The Bertz CT molecular complexity index is 501. The van der Waals surface area contributed by atoms with Gasteiger partial charge in [-0.1, -0.05) is 17.7 Å². The molecule has 1 aromatic rings. The Morgan fingerprint density at radius 2 is 1.94 bits per heavy atom. The number of hydrogen-bond donors (Lipinski definition) is 0. The summed E-state index contributed by atoms with van der Waals surface area (Å²) >= 11 is 0. The van der Waals surface area contributed by atoms with Crippen LogP contribution in [-0.4, -0.2) is 32.1 Å². The van der Waals surface area contributed by atoms with E-state index in [1.807, 2.05) is 26.0 Å². The lowest BCUT2D eigenvalue weighted by molar-refractivity contribution is -0.172. The highest BCUT2D eigenvalue weighted by molar-refractivity contribution is 6.14. The predicted octanol–water partition coefficient (Wildman–Crippen LogP) is 1.68. The van der Waals surface area contributed by atoms with Gasteiger partial charge in [0, 0.05) is 5.56 Å². The lowest BCUT2D eigenvalue weighted by Crippen LogP contribution is -2.55. The van der Waals surface area contributed by atoms with Crippen molar-refractivity contribution in [3.8, 4) is 0 Å². The number of ketones is 1. The molecule has 1 heterocycles. The Kier molecular flexibility index (Phi) is 3.22. The molecule has 0 saturated carbocycles. The van der Waals surface area contributed by atoms with Gasteiger partial charge in [-0.05, 0) is 25.5 Å². The highest BCUT2D eigenvalue weighted by Crippen LogP contribution is 2.34. The Hall–Kier alpha value is -1.68. The zero-order valence-corrected chi connectivity index (χ0v) is 10.8. The van der Waals surface area contributed by atoms with E-state index in [4.69, 9.17) is 9.47 Å². The van der Waals surface area contributed by atoms with Crippen LogP contribution in [0, 0.1) is 19.3 Å². The number of benzene rings is 1. The van der Waals surface area contributed by atoms with Crippen LogP contribution in [0.5, 0.6) is 0 Å². The fourth-order valence-electron chi connectivity index (χ4n) is 2.08. The molecule has 2 rings (SSSR count). The van der Waals surface area contributed by atoms with Gasteiger partial charge in [-0.25, -0.2) is 0 Å². The van der Waals surface area contributed by atoms with Gasteiger partial charge in [-0.2, -0.15) is 0 Å². The first kappa shape index (κ1) is 12.8. The molecule has 1 aromatic carbocycles. The minimum atomic E-state index is -1.15. The van der Waals surface area contributed by atoms with Gasteiger partial charge in [0.05, 0.1) is 20.3 Å². The standard InChI is InChI=1S/C14H16O4/c1-9-4-5-10(2)11(6-9)12(15)14(7-18-8-14)13(16)17-3/h4-6H,7-8H2,1-3H3. The van der Waals surface area contributed by atoms with E-state index >= 15 is 0 Å². The van der Waals surface area contributed by atoms with Gasteiger partial charge < -0.3 is 9.47 Å². The summed E-state index contributed by atoms with van der Waals surface area (Å²) in [5.41, 5.74) is 1.28. The van der Waals surface area contributed by atoms with E-state index in [0.717, 1.165) is 11.1 Å². The average Bonchev–Trinajstić information content (AvgIpc) is 2.30. The van der Waals surface area contributed by atoms with Crippen molar-refractivity contribution in [3.05, 3.63) is 34.9 Å². The quantitative estimate of drug-likeness (QED) is 0.464. The zero-order valence-electron chi connectivity index (χ0n) is 10.8. The molecule has 18 heavy (non-hydrogen) atoms. The normalized spacial score (nSPS) is 16.8. The number of esters is 1. The van der Waals surface area contributed by atoms with Crippen LogP contribution in [0.15, 0.2) is 18.2 Å². The molecule has 4 heteroatoms. The van der Waals surface area contributed by atoms with E-state index < -0.39 is 11.4 Å². The van der Waals surface area contributed by atoms with Crippen molar-refractivity contribution in [2.24, 2.45) is 5.41 Å². The van der Waals surface area contributed by atoms with E-state index in [2.05, 4.69) is 0 Å². The Morgan fingerprint density at radius 1 is 1.28 bits per heavy atom. The van der Waals surface area contributed by atoms with Crippen LogP contribution in [0.3, 0.4) is 0 Å². The Labute approximate surface area is 106 Å². The van der Waals surface area contributed by atoms with Gasteiger partial charge in [0.25, 0.3) is 0 Å². The van der Waals surface area contributed by atoms with Crippen molar-refractivity contribution >= 4 is 11.8 Å². The van der Waals surface area contributed by atoms with Crippen molar-refractivity contribution in [1.82, 2.24) is 0 Å². The number of rotatable bonds is 3. The van der Waals surface area contributed by atoms with Gasteiger partial charge in [0.15, 0.2) is 11.2 Å². The minimum absolute atomic E-state index is 0.103. The molecule has 4 nitrogen and oxygen atoms in total. The molecule has 1 saturated heterocycles. The van der Waals surface area contributed by atoms with Crippen molar-refractivity contribution in [2.75, 3.05) is 20.3 Å². The summed E-state index contributed by atoms with van der Waals surface area (Å²) in [5, 5.41) is 0. The zero-order chi connectivity index (χ0) is 13.3. The molecular formula is C14H16O4. The molecule has 0 aliphatic carbocycles. The van der Waals surface area contributed by atoms with Gasteiger partial charge in [0.2, 0.25) is 0 Å². The SMILES string of the molecule is COC(=O)C1(C(=O)c2cc(C)ccc2C)COC1. The smallest absolute Gasteiger partial charge is 0.324 e. The van der Waals surface area contributed by atoms with Crippen LogP contribution in [0.25, 0.3) is 0 Å². The molecule has 0 atom stereocenters. The third-order valence-electron chi connectivity index (χ3n) is 3.35. The van der Waals surface area contributed by atoms with Crippen LogP contribution in [0.1, 0.15) is 21.5 Å². The number of hydrogen-bond acceptors (Lipinski definition) is 4. The fourth-order valence-corrected chi connectivity index (χ4v) is 2.08. The van der Waals surface area contributed by atoms with Gasteiger partial charge in [0.1, 0.15) is 0 Å². The van der Waals surface area contributed by atoms with E-state index in [0.29, 0.717) is 5.56 Å². The minimum Gasteiger partial charge on any atom is -0.468 e. The van der Waals surface area contributed by atoms with E-state index in [-0.39, 0.29) is 19.0 Å². The Balaban J connectivity index is 2.41. The number of aryl methyl sites for hydroxylation is 2. The maximum atomic E-state index is 12.5. The summed E-state index contributed by atoms with van der Waals surface area (Å²) < 4.78 is 9.78. The molecule has 0 unspecified atom stereocenters. The molecule has 96 valence electrons. The number of Topliss-reactive ketones (excluding diaryl/α,β-unsaturated/α-hetero) is 1. The molecule has 0 bridgehead atoms. The predicted molar refractivity (Wildman–Crippen MR) is 65.5 cm³/mol. The average molecular weight is 248 g/mol. The molecular weight excluding hydrogens is 232 g/mol.